The van der Waals surface area contributed by atoms with Crippen LogP contribution in [-0.2, 0) is 4.79 Å². The number of methoxy groups -OCH3 is 1. The molecule has 0 aliphatic rings. The molecule has 1 amide bonds. The van der Waals surface area contributed by atoms with Crippen LogP contribution in [0.2, 0.25) is 0 Å². The topological polar surface area (TPSA) is 134 Å². The molecule has 1 aromatic carbocycles. The highest BCUT2D eigenvalue weighted by Crippen LogP contribution is 2.34. The maximum atomic E-state index is 10.9. The number of carbonyl (C=O) groups is 2. The Hall–Kier alpha value is -2.68. The van der Waals surface area contributed by atoms with E-state index in [1.807, 2.05) is 5.43 Å². The zero-order valence-corrected chi connectivity index (χ0v) is 11.3. The van der Waals surface area contributed by atoms with Crippen LogP contribution >= 0.6 is 0 Å². The van der Waals surface area contributed by atoms with Crippen LogP contribution in [0.1, 0.15) is 23.2 Å². The van der Waals surface area contributed by atoms with Crippen molar-refractivity contribution in [3.63, 3.8) is 0 Å². The maximum Gasteiger partial charge on any atom is 0.283 e. The quantitative estimate of drug-likeness (QED) is 0.179. The van der Waals surface area contributed by atoms with E-state index in [9.17, 15) is 19.7 Å². The summed E-state index contributed by atoms with van der Waals surface area (Å²) in [5, 5.41) is 10.9. The van der Waals surface area contributed by atoms with Crippen molar-refractivity contribution in [1.29, 1.82) is 0 Å². The Bertz CT molecular complexity index is 546. The Kier molecular flexibility index (Phi) is 6.08. The number of ether oxygens (including phenoxy) is 2. The van der Waals surface area contributed by atoms with Crippen LogP contribution in [0.4, 0.5) is 5.69 Å². The van der Waals surface area contributed by atoms with E-state index in [0.29, 0.717) is 12.7 Å². The average molecular weight is 297 g/mol. The van der Waals surface area contributed by atoms with Crippen molar-refractivity contribution < 1.29 is 24.0 Å². The van der Waals surface area contributed by atoms with Crippen molar-refractivity contribution in [2.45, 2.75) is 12.8 Å². The van der Waals surface area contributed by atoms with Crippen LogP contribution in [0.15, 0.2) is 12.1 Å². The van der Waals surface area contributed by atoms with Gasteiger partial charge in [0, 0.05) is 12.5 Å². The fourth-order valence-electron chi connectivity index (χ4n) is 1.58. The number of nitrogens with two attached hydrogens (primary N) is 1. The number of nitrogens with zero attached hydrogens (tertiary/aromatic N) is 1. The summed E-state index contributed by atoms with van der Waals surface area (Å²) in [7, 11) is 1.35. The molecular weight excluding hydrogens is 282 g/mol. The SMILES string of the molecule is COc1cc(C=O)c([N+](=O)[O-])cc1OCCCC(=O)NN. The number of hydrogen-bond donors (Lipinski definition) is 2. The largest absolute Gasteiger partial charge is 0.493 e. The van der Waals surface area contributed by atoms with Crippen molar-refractivity contribution in [1.82, 2.24) is 5.43 Å². The average Bonchev–Trinajstić information content (AvgIpc) is 2.50. The molecule has 0 bridgehead atoms. The summed E-state index contributed by atoms with van der Waals surface area (Å²) in [4.78, 5) is 31.9. The molecule has 0 saturated heterocycles. The van der Waals surface area contributed by atoms with Gasteiger partial charge < -0.3 is 9.47 Å². The van der Waals surface area contributed by atoms with Gasteiger partial charge in [-0.2, -0.15) is 0 Å². The lowest BCUT2D eigenvalue weighted by molar-refractivity contribution is -0.385. The number of nitro benzene ring substituents is 1. The predicted octanol–water partition coefficient (Wildman–Crippen LogP) is 0.565. The van der Waals surface area contributed by atoms with E-state index < -0.39 is 4.92 Å². The highest BCUT2D eigenvalue weighted by molar-refractivity contribution is 5.83. The minimum Gasteiger partial charge on any atom is -0.493 e. The van der Waals surface area contributed by atoms with E-state index in [0.717, 1.165) is 6.07 Å². The number of hydrazine groups is 1. The zero-order chi connectivity index (χ0) is 15.8. The highest BCUT2D eigenvalue weighted by atomic mass is 16.6. The van der Waals surface area contributed by atoms with Gasteiger partial charge in [-0.3, -0.25) is 25.1 Å². The molecule has 9 nitrogen and oxygen atoms in total. The Morgan fingerprint density at radius 3 is 2.71 bits per heavy atom. The second kappa shape index (κ2) is 7.80. The summed E-state index contributed by atoms with van der Waals surface area (Å²) in [5.74, 6) is 4.92. The molecule has 1 rings (SSSR count). The van der Waals surface area contributed by atoms with Gasteiger partial charge in [0.15, 0.2) is 17.8 Å². The minimum atomic E-state index is -0.683. The van der Waals surface area contributed by atoms with Gasteiger partial charge >= 0.3 is 0 Å². The van der Waals surface area contributed by atoms with Crippen molar-refractivity contribution >= 4 is 17.9 Å². The molecule has 0 spiro atoms. The van der Waals surface area contributed by atoms with E-state index in [1.165, 1.54) is 13.2 Å². The van der Waals surface area contributed by atoms with Gasteiger partial charge in [-0.05, 0) is 6.42 Å². The molecule has 0 heterocycles. The Morgan fingerprint density at radius 1 is 1.48 bits per heavy atom. The molecule has 0 aliphatic carbocycles. The lowest BCUT2D eigenvalue weighted by Gasteiger charge is -2.11. The molecule has 0 aliphatic heterocycles. The van der Waals surface area contributed by atoms with Gasteiger partial charge in [0.25, 0.3) is 5.69 Å². The molecule has 0 fully saturated rings. The number of nitrogens with one attached hydrogen (secondary N) is 1. The van der Waals surface area contributed by atoms with Gasteiger partial charge in [-0.15, -0.1) is 0 Å². The first-order valence-corrected chi connectivity index (χ1v) is 5.97. The van der Waals surface area contributed by atoms with Crippen LogP contribution < -0.4 is 20.7 Å². The maximum absolute atomic E-state index is 10.9. The molecule has 0 radical (unpaired) electrons. The van der Waals surface area contributed by atoms with Crippen molar-refractivity contribution in [2.24, 2.45) is 5.84 Å². The monoisotopic (exact) mass is 297 g/mol. The molecule has 0 atom stereocenters. The molecule has 1 aromatic rings. The van der Waals surface area contributed by atoms with Gasteiger partial charge in [-0.1, -0.05) is 0 Å². The number of benzene rings is 1. The third-order valence-electron chi connectivity index (χ3n) is 2.60. The van der Waals surface area contributed by atoms with Crippen molar-refractivity contribution in [3.05, 3.63) is 27.8 Å². The van der Waals surface area contributed by atoms with E-state index in [-0.39, 0.29) is 41.7 Å². The molecular formula is C12H15N3O6. The van der Waals surface area contributed by atoms with E-state index in [2.05, 4.69) is 0 Å². The van der Waals surface area contributed by atoms with Gasteiger partial charge in [-0.25, -0.2) is 5.84 Å². The first-order valence-electron chi connectivity index (χ1n) is 5.97. The zero-order valence-electron chi connectivity index (χ0n) is 11.3. The molecule has 0 unspecified atom stereocenters. The summed E-state index contributed by atoms with van der Waals surface area (Å²) in [5.41, 5.74) is 1.50. The number of rotatable bonds is 8. The molecule has 9 heteroatoms. The third kappa shape index (κ3) is 4.42. The lowest BCUT2D eigenvalue weighted by atomic mass is 10.1. The third-order valence-corrected chi connectivity index (χ3v) is 2.60. The predicted molar refractivity (Wildman–Crippen MR) is 72.1 cm³/mol. The highest BCUT2D eigenvalue weighted by Gasteiger charge is 2.19. The molecule has 3 N–H and O–H groups in total. The fourth-order valence-corrected chi connectivity index (χ4v) is 1.58. The van der Waals surface area contributed by atoms with Gasteiger partial charge in [0.1, 0.15) is 0 Å². The van der Waals surface area contributed by atoms with Crippen LogP contribution in [0.3, 0.4) is 0 Å². The minimum absolute atomic E-state index is 0.105. The van der Waals surface area contributed by atoms with E-state index >= 15 is 0 Å². The number of aldehydes is 1. The van der Waals surface area contributed by atoms with Crippen LogP contribution in [0, 0.1) is 10.1 Å². The van der Waals surface area contributed by atoms with E-state index in [1.54, 1.807) is 0 Å². The molecule has 114 valence electrons. The van der Waals surface area contributed by atoms with Crippen molar-refractivity contribution in [2.75, 3.05) is 13.7 Å². The molecule has 0 saturated carbocycles. The van der Waals surface area contributed by atoms with Gasteiger partial charge in [0.05, 0.1) is 30.3 Å². The molecule has 0 aromatic heterocycles. The van der Waals surface area contributed by atoms with Crippen LogP contribution in [-0.4, -0.2) is 30.8 Å². The Labute approximate surface area is 120 Å². The van der Waals surface area contributed by atoms with Crippen LogP contribution in [0.25, 0.3) is 0 Å². The van der Waals surface area contributed by atoms with Crippen molar-refractivity contribution in [3.8, 4) is 11.5 Å². The van der Waals surface area contributed by atoms with Crippen LogP contribution in [0.5, 0.6) is 11.5 Å². The second-order valence-electron chi connectivity index (χ2n) is 3.96. The Balaban J connectivity index is 2.85. The summed E-state index contributed by atoms with van der Waals surface area (Å²) in [6.07, 6.45) is 0.902. The van der Waals surface area contributed by atoms with Gasteiger partial charge in [0.2, 0.25) is 5.91 Å². The smallest absolute Gasteiger partial charge is 0.283 e. The number of hydrogen-bond acceptors (Lipinski definition) is 7. The number of carbonyl (C=O) groups excluding carboxylic acids is 2. The lowest BCUT2D eigenvalue weighted by Crippen LogP contribution is -2.29. The Morgan fingerprint density at radius 2 is 2.19 bits per heavy atom. The summed E-state index contributed by atoms with van der Waals surface area (Å²) in [6, 6.07) is 2.35. The number of nitro groups is 1. The summed E-state index contributed by atoms with van der Waals surface area (Å²) < 4.78 is 10.4. The summed E-state index contributed by atoms with van der Waals surface area (Å²) >= 11 is 0. The number of amides is 1. The van der Waals surface area contributed by atoms with E-state index in [4.69, 9.17) is 15.3 Å². The molecule has 21 heavy (non-hydrogen) atoms. The first kappa shape index (κ1) is 16.4. The summed E-state index contributed by atoms with van der Waals surface area (Å²) in [6.45, 7) is 0.140. The fraction of sp³-hybridized carbons (Fsp3) is 0.333. The normalized spacial score (nSPS) is 9.81. The second-order valence-corrected chi connectivity index (χ2v) is 3.96. The first-order chi connectivity index (χ1) is 10.0. The standard InChI is InChI=1S/C12H15N3O6/c1-20-10-5-8(7-16)9(15(18)19)6-11(10)21-4-2-3-12(17)14-13/h5-7H,2-4,13H2,1H3,(H,14,17).